The van der Waals surface area contributed by atoms with Crippen molar-refractivity contribution in [3.8, 4) is 0 Å². The van der Waals surface area contributed by atoms with Crippen LogP contribution in [0.4, 0.5) is 10.5 Å². The first-order chi connectivity index (χ1) is 15.1. The number of ketones is 1. The Kier molecular flexibility index (Phi) is 8.21. The van der Waals surface area contributed by atoms with Gasteiger partial charge in [-0.3, -0.25) is 9.69 Å². The molecule has 2 heterocycles. The number of benzene rings is 1. The molecule has 1 amide bonds. The van der Waals surface area contributed by atoms with E-state index in [0.717, 1.165) is 69.9 Å². The van der Waals surface area contributed by atoms with E-state index < -0.39 is 5.60 Å². The van der Waals surface area contributed by atoms with Crippen molar-refractivity contribution in [1.82, 2.24) is 9.80 Å². The summed E-state index contributed by atoms with van der Waals surface area (Å²) >= 11 is 0. The van der Waals surface area contributed by atoms with Gasteiger partial charge in [0.1, 0.15) is 5.60 Å². The van der Waals surface area contributed by atoms with Crippen molar-refractivity contribution in [3.63, 3.8) is 0 Å². The summed E-state index contributed by atoms with van der Waals surface area (Å²) in [6.45, 7) is 16.5. The van der Waals surface area contributed by atoms with Gasteiger partial charge in [-0.05, 0) is 64.6 Å². The van der Waals surface area contributed by atoms with Crippen LogP contribution in [0, 0.1) is 11.8 Å². The van der Waals surface area contributed by atoms with Gasteiger partial charge in [-0.25, -0.2) is 4.79 Å². The topological polar surface area (TPSA) is 53.1 Å². The van der Waals surface area contributed by atoms with Gasteiger partial charge in [0.25, 0.3) is 0 Å². The number of amides is 1. The normalized spacial score (nSPS) is 18.8. The molecule has 6 heteroatoms. The zero-order valence-corrected chi connectivity index (χ0v) is 20.6. The van der Waals surface area contributed by atoms with Crippen LogP contribution in [0.5, 0.6) is 0 Å². The smallest absolute Gasteiger partial charge is 0.410 e. The molecule has 0 unspecified atom stereocenters. The number of ether oxygens (including phenoxy) is 1. The zero-order chi connectivity index (χ0) is 23.3. The van der Waals surface area contributed by atoms with Gasteiger partial charge >= 0.3 is 6.09 Å². The van der Waals surface area contributed by atoms with Gasteiger partial charge < -0.3 is 14.5 Å². The van der Waals surface area contributed by atoms with Crippen molar-refractivity contribution in [2.45, 2.75) is 59.5 Å². The Morgan fingerprint density at radius 3 is 2.28 bits per heavy atom. The maximum absolute atomic E-state index is 12.3. The number of nitrogens with zero attached hydrogens (tertiary/aromatic N) is 3. The molecule has 32 heavy (non-hydrogen) atoms. The molecule has 3 rings (SSSR count). The van der Waals surface area contributed by atoms with Crippen LogP contribution in [0.15, 0.2) is 24.3 Å². The number of carbonyl (C=O) groups excluding carboxylic acids is 2. The number of hydrogen-bond acceptors (Lipinski definition) is 5. The van der Waals surface area contributed by atoms with Crippen molar-refractivity contribution in [2.75, 3.05) is 50.7 Å². The molecule has 0 aromatic heterocycles. The Hall–Kier alpha value is -2.08. The van der Waals surface area contributed by atoms with Crippen LogP contribution in [0.3, 0.4) is 0 Å². The lowest BCUT2D eigenvalue weighted by Gasteiger charge is -2.38. The molecule has 0 N–H and O–H groups in total. The van der Waals surface area contributed by atoms with Crippen LogP contribution >= 0.6 is 0 Å². The number of hydrogen-bond donors (Lipinski definition) is 0. The Labute approximate surface area is 193 Å². The summed E-state index contributed by atoms with van der Waals surface area (Å²) in [5.41, 5.74) is 1.55. The third kappa shape index (κ3) is 6.96. The number of rotatable bonds is 6. The first kappa shape index (κ1) is 24.6. The predicted molar refractivity (Wildman–Crippen MR) is 129 cm³/mol. The Balaban J connectivity index is 1.39. The number of piperazine rings is 1. The van der Waals surface area contributed by atoms with Crippen LogP contribution in [-0.4, -0.2) is 73.1 Å². The number of anilines is 1. The molecule has 0 spiro atoms. The SMILES string of the molecule is CC(C)C(=O)c1cccc(N2CCN(CCC3CCN(C(=O)OC(C)(C)C)CC3)CC2)c1. The molecular weight excluding hydrogens is 402 g/mol. The predicted octanol–water partition coefficient (Wildman–Crippen LogP) is 4.68. The molecule has 6 nitrogen and oxygen atoms in total. The summed E-state index contributed by atoms with van der Waals surface area (Å²) in [6, 6.07) is 8.10. The Morgan fingerprint density at radius 1 is 1.03 bits per heavy atom. The lowest BCUT2D eigenvalue weighted by Crippen LogP contribution is -2.47. The monoisotopic (exact) mass is 443 g/mol. The molecule has 0 radical (unpaired) electrons. The largest absolute Gasteiger partial charge is 0.444 e. The summed E-state index contributed by atoms with van der Waals surface area (Å²) in [6.07, 6.45) is 3.15. The van der Waals surface area contributed by atoms with Crippen LogP contribution in [-0.2, 0) is 4.74 Å². The van der Waals surface area contributed by atoms with Gasteiger partial charge in [-0.2, -0.15) is 0 Å². The second kappa shape index (κ2) is 10.7. The molecule has 0 aliphatic carbocycles. The fourth-order valence-electron chi connectivity index (χ4n) is 4.51. The number of piperidine rings is 1. The van der Waals surface area contributed by atoms with Crippen molar-refractivity contribution >= 4 is 17.6 Å². The maximum Gasteiger partial charge on any atom is 0.410 e. The highest BCUT2D eigenvalue weighted by Crippen LogP contribution is 2.24. The molecule has 0 saturated carbocycles. The molecule has 0 atom stereocenters. The minimum absolute atomic E-state index is 0.0260. The number of Topliss-reactive ketones (excluding diaryl/α,β-unsaturated/α-hetero) is 1. The average molecular weight is 444 g/mol. The minimum atomic E-state index is -0.429. The van der Waals surface area contributed by atoms with E-state index >= 15 is 0 Å². The third-order valence-corrected chi connectivity index (χ3v) is 6.51. The second-order valence-electron chi connectivity index (χ2n) is 10.6. The van der Waals surface area contributed by atoms with Crippen LogP contribution in [0.1, 0.15) is 64.2 Å². The molecule has 2 aliphatic rings. The van der Waals surface area contributed by atoms with Crippen molar-refractivity contribution in [2.24, 2.45) is 11.8 Å². The minimum Gasteiger partial charge on any atom is -0.444 e. The molecule has 1 aromatic carbocycles. The quantitative estimate of drug-likeness (QED) is 0.597. The Bertz CT molecular complexity index is 771. The van der Waals surface area contributed by atoms with E-state index in [1.54, 1.807) is 0 Å². The van der Waals surface area contributed by atoms with Gasteiger partial charge in [-0.15, -0.1) is 0 Å². The first-order valence-electron chi connectivity index (χ1n) is 12.2. The maximum atomic E-state index is 12.3. The van der Waals surface area contributed by atoms with Crippen molar-refractivity contribution in [3.05, 3.63) is 29.8 Å². The molecule has 0 bridgehead atoms. The van der Waals surface area contributed by atoms with E-state index in [1.165, 1.54) is 6.42 Å². The second-order valence-corrected chi connectivity index (χ2v) is 10.6. The summed E-state index contributed by atoms with van der Waals surface area (Å²) in [4.78, 5) is 31.4. The van der Waals surface area contributed by atoms with E-state index in [1.807, 2.05) is 51.7 Å². The fourth-order valence-corrected chi connectivity index (χ4v) is 4.51. The molecule has 178 valence electrons. The molecular formula is C26H41N3O3. The molecule has 2 aliphatic heterocycles. The first-order valence-corrected chi connectivity index (χ1v) is 12.2. The van der Waals surface area contributed by atoms with Crippen molar-refractivity contribution < 1.29 is 14.3 Å². The van der Waals surface area contributed by atoms with Gasteiger partial charge in [0.05, 0.1) is 0 Å². The molecule has 2 saturated heterocycles. The van der Waals surface area contributed by atoms with E-state index in [9.17, 15) is 9.59 Å². The highest BCUT2D eigenvalue weighted by atomic mass is 16.6. The number of carbonyl (C=O) groups is 2. The highest BCUT2D eigenvalue weighted by molar-refractivity contribution is 5.98. The average Bonchev–Trinajstić information content (AvgIpc) is 2.76. The van der Waals surface area contributed by atoms with Gasteiger partial charge in [-0.1, -0.05) is 26.0 Å². The van der Waals surface area contributed by atoms with Crippen molar-refractivity contribution in [1.29, 1.82) is 0 Å². The van der Waals surface area contributed by atoms with Crippen LogP contribution in [0.2, 0.25) is 0 Å². The van der Waals surface area contributed by atoms with E-state index in [2.05, 4.69) is 21.9 Å². The highest BCUT2D eigenvalue weighted by Gasteiger charge is 2.27. The van der Waals surface area contributed by atoms with Gasteiger partial charge in [0, 0.05) is 56.4 Å². The van der Waals surface area contributed by atoms with E-state index in [4.69, 9.17) is 4.74 Å². The summed E-state index contributed by atoms with van der Waals surface area (Å²) in [7, 11) is 0. The van der Waals surface area contributed by atoms with Crippen LogP contribution < -0.4 is 4.90 Å². The number of likely N-dealkylation sites (tertiary alicyclic amines) is 1. The zero-order valence-electron chi connectivity index (χ0n) is 20.6. The molecule has 2 fully saturated rings. The van der Waals surface area contributed by atoms with Gasteiger partial charge in [0.15, 0.2) is 5.78 Å². The summed E-state index contributed by atoms with van der Waals surface area (Å²) in [5.74, 6) is 0.923. The standard InChI is InChI=1S/C26H41N3O3/c1-20(2)24(30)22-7-6-8-23(19-22)28-17-15-27(16-18-28)12-9-21-10-13-29(14-11-21)25(31)32-26(3,4)5/h6-8,19-21H,9-18H2,1-5H3. The summed E-state index contributed by atoms with van der Waals surface area (Å²) < 4.78 is 5.50. The van der Waals surface area contributed by atoms with Crippen LogP contribution in [0.25, 0.3) is 0 Å². The lowest BCUT2D eigenvalue weighted by molar-refractivity contribution is 0.0177. The van der Waals surface area contributed by atoms with E-state index in [-0.39, 0.29) is 17.8 Å². The fraction of sp³-hybridized carbons (Fsp3) is 0.692. The van der Waals surface area contributed by atoms with E-state index in [0.29, 0.717) is 5.92 Å². The summed E-state index contributed by atoms with van der Waals surface area (Å²) in [5, 5.41) is 0. The van der Waals surface area contributed by atoms with Gasteiger partial charge in [0.2, 0.25) is 0 Å². The third-order valence-electron chi connectivity index (χ3n) is 6.51. The lowest BCUT2D eigenvalue weighted by atomic mass is 9.93. The Morgan fingerprint density at radius 2 is 1.69 bits per heavy atom. The molecule has 1 aromatic rings.